The van der Waals surface area contributed by atoms with Crippen molar-refractivity contribution in [3.8, 4) is 11.5 Å². The first-order valence-electron chi connectivity index (χ1n) is 2.75. The molecular formula is C6H5NaO4S. The third-order valence-corrected chi connectivity index (χ3v) is 1.33. The van der Waals surface area contributed by atoms with Crippen molar-refractivity contribution in [3.05, 3.63) is 24.3 Å². The molecule has 60 valence electrons. The Hall–Kier alpha value is -0.0700. The van der Waals surface area contributed by atoms with Crippen LogP contribution < -0.4 is 33.7 Å². The first kappa shape index (κ1) is 11.9. The van der Waals surface area contributed by atoms with Gasteiger partial charge in [0.15, 0.2) is 0 Å². The summed E-state index contributed by atoms with van der Waals surface area (Å²) in [6.07, 6.45) is 0. The van der Waals surface area contributed by atoms with Crippen LogP contribution in [0, 0.1) is 0 Å². The second-order valence-corrected chi connectivity index (χ2v) is 2.36. The number of rotatable bonds is 2. The number of phenolic OH excluding ortho intramolecular Hbond substituents is 1. The molecule has 0 bridgehead atoms. The Balaban J connectivity index is 0.00000121. The van der Waals surface area contributed by atoms with Gasteiger partial charge in [0.2, 0.25) is 0 Å². The zero-order valence-corrected chi connectivity index (χ0v) is 9.21. The van der Waals surface area contributed by atoms with Gasteiger partial charge >= 0.3 is 29.6 Å². The Kier molecular flexibility index (Phi) is 5.52. The Morgan fingerprint density at radius 3 is 2.25 bits per heavy atom. The van der Waals surface area contributed by atoms with Crippen molar-refractivity contribution < 1.29 is 47.6 Å². The summed E-state index contributed by atoms with van der Waals surface area (Å²) in [6, 6.07) is 5.38. The molecule has 4 nitrogen and oxygen atoms in total. The van der Waals surface area contributed by atoms with E-state index in [1.165, 1.54) is 24.3 Å². The molecule has 1 rings (SSSR count). The van der Waals surface area contributed by atoms with E-state index in [1.54, 1.807) is 0 Å². The van der Waals surface area contributed by atoms with Crippen molar-refractivity contribution in [2.45, 2.75) is 0 Å². The van der Waals surface area contributed by atoms with Crippen LogP contribution in [0.2, 0.25) is 0 Å². The van der Waals surface area contributed by atoms with E-state index in [1.807, 2.05) is 0 Å². The van der Waals surface area contributed by atoms with E-state index in [4.69, 9.17) is 5.11 Å². The monoisotopic (exact) mass is 196 g/mol. The van der Waals surface area contributed by atoms with E-state index in [2.05, 4.69) is 4.18 Å². The van der Waals surface area contributed by atoms with Crippen LogP contribution in [0.25, 0.3) is 0 Å². The molecule has 0 saturated carbocycles. The van der Waals surface area contributed by atoms with Gasteiger partial charge in [-0.05, 0) is 24.3 Å². The molecule has 12 heavy (non-hydrogen) atoms. The van der Waals surface area contributed by atoms with Crippen molar-refractivity contribution in [3.63, 3.8) is 0 Å². The smallest absolute Gasteiger partial charge is 0.740 e. The van der Waals surface area contributed by atoms with Crippen molar-refractivity contribution in [2.24, 2.45) is 0 Å². The molecule has 0 aliphatic heterocycles. The third-order valence-electron chi connectivity index (χ3n) is 1.00. The van der Waals surface area contributed by atoms with E-state index < -0.39 is 11.4 Å². The molecule has 0 aliphatic rings. The maximum absolute atomic E-state index is 9.97. The van der Waals surface area contributed by atoms with Gasteiger partial charge in [0.05, 0.1) is 0 Å². The van der Waals surface area contributed by atoms with E-state index in [-0.39, 0.29) is 41.1 Å². The quantitative estimate of drug-likeness (QED) is 0.422. The number of phenols is 1. The second-order valence-electron chi connectivity index (χ2n) is 1.78. The van der Waals surface area contributed by atoms with Crippen LogP contribution in [0.1, 0.15) is 0 Å². The van der Waals surface area contributed by atoms with E-state index >= 15 is 0 Å². The predicted octanol–water partition coefficient (Wildman–Crippen LogP) is -2.43. The van der Waals surface area contributed by atoms with Gasteiger partial charge in [0.25, 0.3) is 0 Å². The molecule has 1 N–H and O–H groups in total. The Bertz CT molecular complexity index is 261. The molecule has 0 aromatic heterocycles. The average Bonchev–Trinajstić information content (AvgIpc) is 1.93. The molecular weight excluding hydrogens is 191 g/mol. The maximum atomic E-state index is 9.97. The Morgan fingerprint density at radius 1 is 1.33 bits per heavy atom. The predicted molar refractivity (Wildman–Crippen MR) is 37.7 cm³/mol. The van der Waals surface area contributed by atoms with Crippen LogP contribution >= 0.6 is 0 Å². The summed E-state index contributed by atoms with van der Waals surface area (Å²) in [7, 11) is 0. The molecule has 0 heterocycles. The van der Waals surface area contributed by atoms with Crippen molar-refractivity contribution >= 4 is 11.4 Å². The second kappa shape index (κ2) is 5.55. The molecule has 0 aliphatic carbocycles. The Morgan fingerprint density at radius 2 is 1.83 bits per heavy atom. The van der Waals surface area contributed by atoms with Crippen LogP contribution in [0.4, 0.5) is 0 Å². The average molecular weight is 196 g/mol. The molecule has 6 heteroatoms. The van der Waals surface area contributed by atoms with Crippen molar-refractivity contribution in [2.75, 3.05) is 0 Å². The third kappa shape index (κ3) is 4.08. The number of hydrogen-bond donors (Lipinski definition) is 1. The molecule has 1 unspecified atom stereocenters. The summed E-state index contributed by atoms with van der Waals surface area (Å²) in [5, 5.41) is 8.78. The summed E-state index contributed by atoms with van der Waals surface area (Å²) >= 11 is -2.55. The minimum absolute atomic E-state index is 0. The van der Waals surface area contributed by atoms with Gasteiger partial charge in [0.1, 0.15) is 22.9 Å². The summed E-state index contributed by atoms with van der Waals surface area (Å²) in [4.78, 5) is 0. The largest absolute Gasteiger partial charge is 1.00 e. The van der Waals surface area contributed by atoms with E-state index in [9.17, 15) is 8.76 Å². The van der Waals surface area contributed by atoms with E-state index in [0.29, 0.717) is 0 Å². The minimum atomic E-state index is -2.55. The fourth-order valence-electron chi connectivity index (χ4n) is 0.580. The van der Waals surface area contributed by atoms with Gasteiger partial charge in [-0.3, -0.25) is 0 Å². The van der Waals surface area contributed by atoms with Gasteiger partial charge < -0.3 is 13.8 Å². The van der Waals surface area contributed by atoms with Gasteiger partial charge in [-0.1, -0.05) is 0 Å². The summed E-state index contributed by atoms with van der Waals surface area (Å²) in [6.45, 7) is 0. The van der Waals surface area contributed by atoms with Gasteiger partial charge in [0, 0.05) is 0 Å². The molecule has 0 fully saturated rings. The summed E-state index contributed by atoms with van der Waals surface area (Å²) in [5.41, 5.74) is 0. The normalized spacial score (nSPS) is 11.4. The summed E-state index contributed by atoms with van der Waals surface area (Å²) < 4.78 is 24.2. The van der Waals surface area contributed by atoms with Gasteiger partial charge in [-0.25, -0.2) is 4.21 Å². The fraction of sp³-hybridized carbons (Fsp3) is 0. The van der Waals surface area contributed by atoms with Gasteiger partial charge in [-0.2, -0.15) is 0 Å². The molecule has 1 aromatic carbocycles. The van der Waals surface area contributed by atoms with Crippen LogP contribution in [-0.2, 0) is 11.4 Å². The zero-order valence-electron chi connectivity index (χ0n) is 6.39. The van der Waals surface area contributed by atoms with Crippen molar-refractivity contribution in [1.82, 2.24) is 0 Å². The number of aromatic hydroxyl groups is 1. The number of hydrogen-bond acceptors (Lipinski definition) is 4. The SMILES string of the molecule is O=S([O-])Oc1ccc(O)cc1.[Na+]. The first-order chi connectivity index (χ1) is 5.18. The molecule has 0 amide bonds. The molecule has 0 saturated heterocycles. The molecule has 1 atom stereocenters. The van der Waals surface area contributed by atoms with Crippen LogP contribution in [0.5, 0.6) is 11.5 Å². The maximum Gasteiger partial charge on any atom is 1.00 e. The van der Waals surface area contributed by atoms with E-state index in [0.717, 1.165) is 0 Å². The summed E-state index contributed by atoms with van der Waals surface area (Å²) in [5.74, 6) is 0.241. The van der Waals surface area contributed by atoms with Crippen LogP contribution in [-0.4, -0.2) is 13.9 Å². The molecule has 0 radical (unpaired) electrons. The Labute approximate surface area is 94.3 Å². The van der Waals surface area contributed by atoms with Crippen molar-refractivity contribution in [1.29, 1.82) is 0 Å². The molecule has 0 spiro atoms. The van der Waals surface area contributed by atoms with Gasteiger partial charge in [-0.15, -0.1) is 0 Å². The topological polar surface area (TPSA) is 69.6 Å². The molecule has 1 aromatic rings. The standard InChI is InChI=1S/C6H6O4S.Na/c7-5-1-3-6(4-2-5)10-11(8)9;/h1-4,7H,(H,8,9);/q;+1/p-1. The minimum Gasteiger partial charge on any atom is -0.740 e. The van der Waals surface area contributed by atoms with Crippen LogP contribution in [0.3, 0.4) is 0 Å². The first-order valence-corrected chi connectivity index (χ1v) is 3.75. The fourth-order valence-corrected chi connectivity index (χ4v) is 0.849. The van der Waals surface area contributed by atoms with Crippen LogP contribution in [0.15, 0.2) is 24.3 Å². The number of benzene rings is 1. The zero-order chi connectivity index (χ0) is 8.27.